The fourth-order valence-electron chi connectivity index (χ4n) is 2.93. The van der Waals surface area contributed by atoms with Crippen LogP contribution in [0.4, 0.5) is 0 Å². The Bertz CT molecular complexity index is 1090. The standard InChI is InChI=1S/C14H11N6/c1-18-13-10-6-15-4-2-9(10)7-19(13)12-14(18)20-8-16-5-3-11(20)17-12/h2-6,8H,7H2,1H3/q+1/i1D3. The summed E-state index contributed by atoms with van der Waals surface area (Å²) in [5.41, 5.74) is 3.72. The minimum Gasteiger partial charge on any atom is -0.264 e. The first-order valence-electron chi connectivity index (χ1n) is 7.76. The average molecular weight is 266 g/mol. The van der Waals surface area contributed by atoms with Gasteiger partial charge >= 0.3 is 0 Å². The highest BCUT2D eigenvalue weighted by Crippen LogP contribution is 2.32. The van der Waals surface area contributed by atoms with Gasteiger partial charge in [0.1, 0.15) is 0 Å². The van der Waals surface area contributed by atoms with Crippen LogP contribution < -0.4 is 4.57 Å². The van der Waals surface area contributed by atoms with Gasteiger partial charge in [0.2, 0.25) is 11.5 Å². The lowest BCUT2D eigenvalue weighted by molar-refractivity contribution is -0.636. The number of aryl methyl sites for hydroxylation is 1. The molecule has 0 spiro atoms. The van der Waals surface area contributed by atoms with Gasteiger partial charge in [0.05, 0.1) is 23.2 Å². The van der Waals surface area contributed by atoms with E-state index in [1.165, 1.54) is 4.57 Å². The average Bonchev–Trinajstić information content (AvgIpc) is 3.13. The van der Waals surface area contributed by atoms with E-state index in [1.807, 2.05) is 10.6 Å². The van der Waals surface area contributed by atoms with Gasteiger partial charge in [0, 0.05) is 30.2 Å². The van der Waals surface area contributed by atoms with E-state index in [9.17, 15) is 0 Å². The van der Waals surface area contributed by atoms with Crippen molar-refractivity contribution in [2.45, 2.75) is 6.54 Å². The molecule has 20 heavy (non-hydrogen) atoms. The van der Waals surface area contributed by atoms with Crippen molar-refractivity contribution in [3.05, 3.63) is 42.6 Å². The Morgan fingerprint density at radius 3 is 3.20 bits per heavy atom. The second kappa shape index (κ2) is 3.22. The maximum absolute atomic E-state index is 8.00. The molecule has 96 valence electrons. The summed E-state index contributed by atoms with van der Waals surface area (Å²) >= 11 is 0. The van der Waals surface area contributed by atoms with E-state index < -0.39 is 6.98 Å². The van der Waals surface area contributed by atoms with Crippen LogP contribution in [0, 0.1) is 0 Å². The second-order valence-corrected chi connectivity index (χ2v) is 4.85. The van der Waals surface area contributed by atoms with Crippen LogP contribution in [0.1, 0.15) is 9.68 Å². The van der Waals surface area contributed by atoms with Crippen LogP contribution in [0.25, 0.3) is 28.3 Å². The topological polar surface area (TPSA) is 51.9 Å². The van der Waals surface area contributed by atoms with E-state index in [1.54, 1.807) is 35.4 Å². The molecule has 0 bridgehead atoms. The first-order chi connectivity index (χ1) is 11.1. The van der Waals surface area contributed by atoms with Crippen molar-refractivity contribution < 1.29 is 8.68 Å². The Labute approximate surface area is 118 Å². The lowest BCUT2D eigenvalue weighted by Gasteiger charge is -1.96. The number of hydrogen-bond donors (Lipinski definition) is 0. The Balaban J connectivity index is 2.01. The molecule has 0 saturated heterocycles. The molecule has 0 unspecified atom stereocenters. The lowest BCUT2D eigenvalue weighted by Crippen LogP contribution is -2.30. The Hall–Kier alpha value is -2.76. The summed E-state index contributed by atoms with van der Waals surface area (Å²) in [6.45, 7) is -1.74. The summed E-state index contributed by atoms with van der Waals surface area (Å²) in [5.74, 6) is 0.615. The normalized spacial score (nSPS) is 15.9. The minimum atomic E-state index is -2.33. The molecule has 1 aliphatic heterocycles. The predicted molar refractivity (Wildman–Crippen MR) is 72.0 cm³/mol. The van der Waals surface area contributed by atoms with Crippen molar-refractivity contribution in [1.82, 2.24) is 23.9 Å². The smallest absolute Gasteiger partial charge is 0.264 e. The largest absolute Gasteiger partial charge is 0.296 e. The van der Waals surface area contributed by atoms with Gasteiger partial charge in [-0.05, 0) is 6.07 Å². The SMILES string of the molecule is [2H]C([2H])([2H])[n+]1c2n(c3nc4ccncn4c31)Cc1ccncc1-2. The quantitative estimate of drug-likeness (QED) is 0.392. The zero-order valence-corrected chi connectivity index (χ0v) is 10.4. The molecular formula is C14H11N6+. The molecule has 1 aliphatic rings. The molecule has 6 nitrogen and oxygen atoms in total. The summed E-state index contributed by atoms with van der Waals surface area (Å²) < 4.78 is 29.0. The third-order valence-corrected chi connectivity index (χ3v) is 3.80. The number of fused-ring (bicyclic) bond motifs is 7. The molecule has 0 radical (unpaired) electrons. The molecular weight excluding hydrogens is 252 g/mol. The highest BCUT2D eigenvalue weighted by molar-refractivity contribution is 5.77. The molecule has 4 aromatic rings. The highest BCUT2D eigenvalue weighted by atomic mass is 15.3. The molecule has 4 aromatic heterocycles. The number of nitrogens with zero attached hydrogens (tertiary/aromatic N) is 6. The van der Waals surface area contributed by atoms with Gasteiger partial charge in [0.25, 0.3) is 11.3 Å². The van der Waals surface area contributed by atoms with Crippen molar-refractivity contribution in [2.75, 3.05) is 0 Å². The molecule has 0 atom stereocenters. The number of rotatable bonds is 0. The van der Waals surface area contributed by atoms with E-state index in [-0.39, 0.29) is 0 Å². The molecule has 5 heterocycles. The zero-order valence-electron chi connectivity index (χ0n) is 13.4. The summed E-state index contributed by atoms with van der Waals surface area (Å²) in [6.07, 6.45) is 6.66. The number of aromatic nitrogens is 6. The lowest BCUT2D eigenvalue weighted by atomic mass is 10.2. The van der Waals surface area contributed by atoms with Gasteiger partial charge in [-0.3, -0.25) is 4.98 Å². The van der Waals surface area contributed by atoms with Gasteiger partial charge in [-0.25, -0.2) is 14.1 Å². The van der Waals surface area contributed by atoms with E-state index in [0.717, 1.165) is 11.1 Å². The molecule has 0 fully saturated rings. The summed E-state index contributed by atoms with van der Waals surface area (Å²) in [4.78, 5) is 12.8. The monoisotopic (exact) mass is 266 g/mol. The van der Waals surface area contributed by atoms with Crippen LogP contribution in [0.2, 0.25) is 0 Å². The fraction of sp³-hybridized carbons (Fsp3) is 0.143. The Morgan fingerprint density at radius 2 is 2.25 bits per heavy atom. The Morgan fingerprint density at radius 1 is 1.30 bits per heavy atom. The van der Waals surface area contributed by atoms with E-state index in [2.05, 4.69) is 15.0 Å². The number of imidazole rings is 2. The molecule has 5 rings (SSSR count). The van der Waals surface area contributed by atoms with Crippen LogP contribution in [0.5, 0.6) is 0 Å². The summed E-state index contributed by atoms with van der Waals surface area (Å²) in [6, 6.07) is 3.68. The second-order valence-electron chi connectivity index (χ2n) is 4.85. The molecule has 0 amide bonds. The first-order valence-corrected chi connectivity index (χ1v) is 6.26. The molecule has 0 saturated carbocycles. The molecule has 0 aromatic carbocycles. The van der Waals surface area contributed by atoms with Crippen molar-refractivity contribution >= 4 is 16.9 Å². The molecule has 6 heteroatoms. The van der Waals surface area contributed by atoms with Crippen LogP contribution in [0.15, 0.2) is 37.1 Å². The minimum absolute atomic E-state index is 0.526. The van der Waals surface area contributed by atoms with Gasteiger partial charge in [-0.2, -0.15) is 9.38 Å². The summed E-state index contributed by atoms with van der Waals surface area (Å²) in [7, 11) is 0. The van der Waals surface area contributed by atoms with Gasteiger partial charge in [-0.1, -0.05) is 0 Å². The van der Waals surface area contributed by atoms with Crippen molar-refractivity contribution in [1.29, 1.82) is 0 Å². The summed E-state index contributed by atoms with van der Waals surface area (Å²) in [5, 5.41) is 0. The predicted octanol–water partition coefficient (Wildman–Crippen LogP) is 0.932. The fourth-order valence-corrected chi connectivity index (χ4v) is 2.93. The van der Waals surface area contributed by atoms with Crippen LogP contribution in [-0.4, -0.2) is 23.9 Å². The van der Waals surface area contributed by atoms with E-state index >= 15 is 0 Å². The van der Waals surface area contributed by atoms with Gasteiger partial charge in [0.15, 0.2) is 6.33 Å². The highest BCUT2D eigenvalue weighted by Gasteiger charge is 2.33. The van der Waals surface area contributed by atoms with Crippen LogP contribution >= 0.6 is 0 Å². The maximum atomic E-state index is 8.00. The van der Waals surface area contributed by atoms with E-state index in [0.29, 0.717) is 29.3 Å². The van der Waals surface area contributed by atoms with E-state index in [4.69, 9.17) is 4.11 Å². The van der Waals surface area contributed by atoms with Crippen LogP contribution in [0.3, 0.4) is 0 Å². The molecule has 0 aliphatic carbocycles. The van der Waals surface area contributed by atoms with Crippen LogP contribution in [-0.2, 0) is 13.5 Å². The maximum Gasteiger partial charge on any atom is 0.296 e. The molecule has 0 N–H and O–H groups in total. The number of pyridine rings is 1. The van der Waals surface area contributed by atoms with Gasteiger partial charge in [-0.15, -0.1) is 0 Å². The van der Waals surface area contributed by atoms with Gasteiger partial charge < -0.3 is 0 Å². The van der Waals surface area contributed by atoms with Crippen molar-refractivity contribution in [3.63, 3.8) is 0 Å². The van der Waals surface area contributed by atoms with Crippen molar-refractivity contribution in [3.8, 4) is 11.4 Å². The zero-order chi connectivity index (χ0) is 15.8. The third-order valence-electron chi connectivity index (χ3n) is 3.80. The first kappa shape index (κ1) is 7.74. The number of hydrogen-bond acceptors (Lipinski definition) is 3. The third kappa shape index (κ3) is 1.01. The van der Waals surface area contributed by atoms with Crippen molar-refractivity contribution in [2.24, 2.45) is 6.98 Å². The Kier molecular flexibility index (Phi) is 1.24.